The van der Waals surface area contributed by atoms with E-state index in [9.17, 15) is 28.1 Å². The number of rotatable bonds is 4. The smallest absolute Gasteiger partial charge is 0.298 e. The van der Waals surface area contributed by atoms with E-state index in [4.69, 9.17) is 0 Å². The molecule has 4 nitrogen and oxygen atoms in total. The molecule has 0 saturated heterocycles. The molecule has 0 bridgehead atoms. The van der Waals surface area contributed by atoms with Gasteiger partial charge in [-0.2, -0.15) is 13.2 Å². The van der Waals surface area contributed by atoms with Crippen LogP contribution in [0.15, 0.2) is 52.3 Å². The summed E-state index contributed by atoms with van der Waals surface area (Å²) in [6.07, 6.45) is -4.02. The third-order valence-electron chi connectivity index (χ3n) is 2.70. The van der Waals surface area contributed by atoms with Crippen LogP contribution in [-0.4, -0.2) is 11.2 Å². The van der Waals surface area contributed by atoms with Gasteiger partial charge in [-0.25, -0.2) is 0 Å². The molecule has 0 N–H and O–H groups in total. The SMILES string of the molecule is O=Cc1ccc(Sc2cccc(C(F)(F)F)c2)c([N+](=O)[O-])c1. The number of carbonyl (C=O) groups is 1. The van der Waals surface area contributed by atoms with Crippen LogP contribution in [0.1, 0.15) is 15.9 Å². The summed E-state index contributed by atoms with van der Waals surface area (Å²) in [7, 11) is 0. The third-order valence-corrected chi connectivity index (χ3v) is 3.76. The quantitative estimate of drug-likeness (QED) is 0.468. The molecule has 0 aliphatic heterocycles. The Morgan fingerprint density at radius 3 is 2.45 bits per heavy atom. The molecule has 0 spiro atoms. The zero-order valence-electron chi connectivity index (χ0n) is 10.8. The highest BCUT2D eigenvalue weighted by molar-refractivity contribution is 7.99. The van der Waals surface area contributed by atoms with Crippen LogP contribution >= 0.6 is 11.8 Å². The van der Waals surface area contributed by atoms with Crippen molar-refractivity contribution in [2.75, 3.05) is 0 Å². The van der Waals surface area contributed by atoms with Crippen LogP contribution in [0.4, 0.5) is 18.9 Å². The van der Waals surface area contributed by atoms with Crippen LogP contribution in [0.3, 0.4) is 0 Å². The average molecular weight is 327 g/mol. The van der Waals surface area contributed by atoms with E-state index in [1.54, 1.807) is 0 Å². The minimum Gasteiger partial charge on any atom is -0.298 e. The van der Waals surface area contributed by atoms with Gasteiger partial charge in [-0.3, -0.25) is 14.9 Å². The number of carbonyl (C=O) groups excluding carboxylic acids is 1. The first-order valence-electron chi connectivity index (χ1n) is 5.90. The van der Waals surface area contributed by atoms with Crippen molar-refractivity contribution < 1.29 is 22.9 Å². The summed E-state index contributed by atoms with van der Waals surface area (Å²) in [5, 5.41) is 11.0. The van der Waals surface area contributed by atoms with E-state index in [-0.39, 0.29) is 21.0 Å². The normalized spacial score (nSPS) is 11.2. The Kier molecular flexibility index (Phi) is 4.51. The first kappa shape index (κ1) is 16.0. The molecule has 0 aliphatic rings. The molecule has 0 aromatic heterocycles. The molecule has 0 atom stereocenters. The summed E-state index contributed by atoms with van der Waals surface area (Å²) in [4.78, 5) is 21.4. The largest absolute Gasteiger partial charge is 0.416 e. The Morgan fingerprint density at radius 1 is 1.14 bits per heavy atom. The van der Waals surface area contributed by atoms with Gasteiger partial charge in [0.2, 0.25) is 0 Å². The molecule has 114 valence electrons. The lowest BCUT2D eigenvalue weighted by molar-refractivity contribution is -0.387. The van der Waals surface area contributed by atoms with Crippen LogP contribution in [-0.2, 0) is 6.18 Å². The van der Waals surface area contributed by atoms with Crippen molar-refractivity contribution in [3.63, 3.8) is 0 Å². The zero-order valence-corrected chi connectivity index (χ0v) is 11.6. The van der Waals surface area contributed by atoms with Crippen LogP contribution in [0.2, 0.25) is 0 Å². The summed E-state index contributed by atoms with van der Waals surface area (Å²) < 4.78 is 38.0. The molecule has 22 heavy (non-hydrogen) atoms. The first-order valence-corrected chi connectivity index (χ1v) is 6.71. The highest BCUT2D eigenvalue weighted by Gasteiger charge is 2.30. The molecule has 0 unspecified atom stereocenters. The van der Waals surface area contributed by atoms with Gasteiger partial charge >= 0.3 is 6.18 Å². The molecule has 0 radical (unpaired) electrons. The highest BCUT2D eigenvalue weighted by atomic mass is 32.2. The lowest BCUT2D eigenvalue weighted by Crippen LogP contribution is -2.04. The Hall–Kier alpha value is -2.35. The van der Waals surface area contributed by atoms with Gasteiger partial charge in [0, 0.05) is 16.5 Å². The molecule has 8 heteroatoms. The maximum absolute atomic E-state index is 12.7. The number of benzene rings is 2. The lowest BCUT2D eigenvalue weighted by atomic mass is 10.2. The van der Waals surface area contributed by atoms with E-state index < -0.39 is 16.7 Å². The molecule has 0 fully saturated rings. The number of alkyl halides is 3. The van der Waals surface area contributed by atoms with Crippen molar-refractivity contribution in [1.29, 1.82) is 0 Å². The van der Waals surface area contributed by atoms with E-state index in [2.05, 4.69) is 0 Å². The zero-order chi connectivity index (χ0) is 16.3. The standard InChI is InChI=1S/C14H8F3NO3S/c15-14(16,17)10-2-1-3-11(7-10)22-13-5-4-9(8-19)6-12(13)18(20)21/h1-8H. The van der Waals surface area contributed by atoms with Gasteiger partial charge in [-0.05, 0) is 24.3 Å². The van der Waals surface area contributed by atoms with E-state index >= 15 is 0 Å². The van der Waals surface area contributed by atoms with Crippen molar-refractivity contribution in [3.8, 4) is 0 Å². The fraction of sp³-hybridized carbons (Fsp3) is 0.0714. The molecular weight excluding hydrogens is 319 g/mol. The Balaban J connectivity index is 2.39. The topological polar surface area (TPSA) is 60.2 Å². The summed E-state index contributed by atoms with van der Waals surface area (Å²) in [5.74, 6) is 0. The predicted molar refractivity (Wildman–Crippen MR) is 74.1 cm³/mol. The number of halogens is 3. The molecular formula is C14H8F3NO3S. The molecule has 2 aromatic carbocycles. The molecule has 0 heterocycles. The minimum atomic E-state index is -4.48. The second-order valence-electron chi connectivity index (χ2n) is 4.23. The molecule has 0 aliphatic carbocycles. The van der Waals surface area contributed by atoms with Crippen molar-refractivity contribution in [3.05, 3.63) is 63.7 Å². The number of hydrogen-bond donors (Lipinski definition) is 0. The van der Waals surface area contributed by atoms with Gasteiger partial charge in [-0.1, -0.05) is 23.9 Å². The predicted octanol–water partition coefficient (Wildman–Crippen LogP) is 4.58. The lowest BCUT2D eigenvalue weighted by Gasteiger charge is -2.08. The first-order chi connectivity index (χ1) is 10.3. The summed E-state index contributed by atoms with van der Waals surface area (Å²) in [6.45, 7) is 0. The average Bonchev–Trinajstić information content (AvgIpc) is 2.47. The summed E-state index contributed by atoms with van der Waals surface area (Å²) in [6, 6.07) is 8.30. The van der Waals surface area contributed by atoms with Gasteiger partial charge in [0.05, 0.1) is 15.4 Å². The van der Waals surface area contributed by atoms with Crippen molar-refractivity contribution in [2.24, 2.45) is 0 Å². The fourth-order valence-electron chi connectivity index (χ4n) is 1.70. The van der Waals surface area contributed by atoms with Crippen LogP contribution < -0.4 is 0 Å². The van der Waals surface area contributed by atoms with Crippen molar-refractivity contribution >= 4 is 23.7 Å². The van der Waals surface area contributed by atoms with E-state index in [1.165, 1.54) is 24.3 Å². The molecule has 0 amide bonds. The molecule has 0 saturated carbocycles. The second kappa shape index (κ2) is 6.18. The van der Waals surface area contributed by atoms with Crippen molar-refractivity contribution in [1.82, 2.24) is 0 Å². The number of nitro groups is 1. The van der Waals surface area contributed by atoms with Gasteiger partial charge in [0.15, 0.2) is 0 Å². The van der Waals surface area contributed by atoms with Crippen LogP contribution in [0.25, 0.3) is 0 Å². The van der Waals surface area contributed by atoms with Crippen LogP contribution in [0.5, 0.6) is 0 Å². The Labute approximate surface area is 127 Å². The van der Waals surface area contributed by atoms with Gasteiger partial charge < -0.3 is 0 Å². The molecule has 2 aromatic rings. The van der Waals surface area contributed by atoms with E-state index in [0.717, 1.165) is 30.0 Å². The van der Waals surface area contributed by atoms with Crippen molar-refractivity contribution in [2.45, 2.75) is 16.0 Å². The monoisotopic (exact) mass is 327 g/mol. The third kappa shape index (κ3) is 3.64. The maximum Gasteiger partial charge on any atom is 0.416 e. The minimum absolute atomic E-state index is 0.125. The van der Waals surface area contributed by atoms with Gasteiger partial charge in [0.1, 0.15) is 6.29 Å². The van der Waals surface area contributed by atoms with Crippen LogP contribution in [0, 0.1) is 10.1 Å². The second-order valence-corrected chi connectivity index (χ2v) is 5.35. The maximum atomic E-state index is 12.7. The van der Waals surface area contributed by atoms with Gasteiger partial charge in [0.25, 0.3) is 5.69 Å². The van der Waals surface area contributed by atoms with E-state index in [0.29, 0.717) is 6.29 Å². The Morgan fingerprint density at radius 2 is 1.86 bits per heavy atom. The number of aldehydes is 1. The molecule has 2 rings (SSSR count). The Bertz CT molecular complexity index is 732. The van der Waals surface area contributed by atoms with Gasteiger partial charge in [-0.15, -0.1) is 0 Å². The highest BCUT2D eigenvalue weighted by Crippen LogP contribution is 2.37. The summed E-state index contributed by atoms with van der Waals surface area (Å²) >= 11 is 0.834. The summed E-state index contributed by atoms with van der Waals surface area (Å²) in [5.41, 5.74) is -1.03. The number of hydrogen-bond acceptors (Lipinski definition) is 4. The number of nitrogens with zero attached hydrogens (tertiary/aromatic N) is 1. The fourth-order valence-corrected chi connectivity index (χ4v) is 2.66. The van der Waals surface area contributed by atoms with E-state index in [1.807, 2.05) is 0 Å². The number of nitro benzene ring substituents is 1.